The number of likely N-dealkylation sites (tertiary alicyclic amines) is 1. The molecule has 1 aliphatic carbocycles. The third kappa shape index (κ3) is 3.88. The summed E-state index contributed by atoms with van der Waals surface area (Å²) in [6, 6.07) is 3.79. The Morgan fingerprint density at radius 3 is 2.17 bits per heavy atom. The second kappa shape index (κ2) is 8.04. The van der Waals surface area contributed by atoms with Gasteiger partial charge in [-0.2, -0.15) is 0 Å². The Bertz CT molecular complexity index is 889. The molecule has 9 heteroatoms. The molecule has 1 atom stereocenters. The Kier molecular flexibility index (Phi) is 5.44. The number of amides is 3. The second-order valence-corrected chi connectivity index (χ2v) is 8.34. The monoisotopic (exact) mass is 414 g/mol. The SMILES string of the molecule is Cc1cc(C(=O)N2CCCC2C(=O)N2CCN(C(=O)C3CC3)CC2)ccc1[N+](=O)[O-]. The van der Waals surface area contributed by atoms with Crippen LogP contribution in [0.3, 0.4) is 0 Å². The van der Waals surface area contributed by atoms with E-state index in [1.165, 1.54) is 18.2 Å². The van der Waals surface area contributed by atoms with Crippen LogP contribution in [0, 0.1) is 23.0 Å². The number of carbonyl (C=O) groups excluding carboxylic acids is 3. The Morgan fingerprint density at radius 1 is 0.967 bits per heavy atom. The molecule has 0 aromatic heterocycles. The average Bonchev–Trinajstić information content (AvgIpc) is 3.48. The van der Waals surface area contributed by atoms with Crippen molar-refractivity contribution in [2.24, 2.45) is 5.92 Å². The molecule has 30 heavy (non-hydrogen) atoms. The molecule has 0 N–H and O–H groups in total. The van der Waals surface area contributed by atoms with E-state index in [1.54, 1.807) is 16.7 Å². The summed E-state index contributed by atoms with van der Waals surface area (Å²) in [7, 11) is 0. The van der Waals surface area contributed by atoms with Crippen molar-refractivity contribution in [2.45, 2.75) is 38.6 Å². The van der Waals surface area contributed by atoms with Crippen LogP contribution >= 0.6 is 0 Å². The second-order valence-electron chi connectivity index (χ2n) is 8.34. The molecule has 2 aliphatic heterocycles. The summed E-state index contributed by atoms with van der Waals surface area (Å²) in [6.07, 6.45) is 3.30. The summed E-state index contributed by atoms with van der Waals surface area (Å²) in [5, 5.41) is 11.0. The van der Waals surface area contributed by atoms with E-state index in [0.29, 0.717) is 50.3 Å². The average molecular weight is 414 g/mol. The lowest BCUT2D eigenvalue weighted by Gasteiger charge is -2.37. The largest absolute Gasteiger partial charge is 0.339 e. The first-order valence-corrected chi connectivity index (χ1v) is 10.5. The van der Waals surface area contributed by atoms with Gasteiger partial charge in [0.2, 0.25) is 11.8 Å². The molecule has 3 aliphatic rings. The highest BCUT2D eigenvalue weighted by Crippen LogP contribution is 2.31. The minimum Gasteiger partial charge on any atom is -0.339 e. The molecule has 0 spiro atoms. The van der Waals surface area contributed by atoms with Crippen LogP contribution in [-0.2, 0) is 9.59 Å². The quantitative estimate of drug-likeness (QED) is 0.550. The number of piperazine rings is 1. The zero-order chi connectivity index (χ0) is 21.4. The van der Waals surface area contributed by atoms with E-state index in [4.69, 9.17) is 0 Å². The Hall–Kier alpha value is -2.97. The Morgan fingerprint density at radius 2 is 1.60 bits per heavy atom. The highest BCUT2D eigenvalue weighted by atomic mass is 16.6. The Balaban J connectivity index is 1.41. The predicted molar refractivity (Wildman–Crippen MR) is 108 cm³/mol. The van der Waals surface area contributed by atoms with Crippen molar-refractivity contribution in [1.82, 2.24) is 14.7 Å². The molecule has 9 nitrogen and oxygen atoms in total. The third-order valence-electron chi connectivity index (χ3n) is 6.27. The lowest BCUT2D eigenvalue weighted by Crippen LogP contribution is -2.55. The smallest absolute Gasteiger partial charge is 0.272 e. The summed E-state index contributed by atoms with van der Waals surface area (Å²) < 4.78 is 0. The van der Waals surface area contributed by atoms with Gasteiger partial charge in [-0.3, -0.25) is 24.5 Å². The molecule has 4 rings (SSSR count). The van der Waals surface area contributed by atoms with Crippen LogP contribution in [0.2, 0.25) is 0 Å². The maximum Gasteiger partial charge on any atom is 0.272 e. The molecule has 160 valence electrons. The van der Waals surface area contributed by atoms with Crippen molar-refractivity contribution < 1.29 is 19.3 Å². The minimum atomic E-state index is -0.515. The first-order valence-electron chi connectivity index (χ1n) is 10.5. The van der Waals surface area contributed by atoms with Crippen molar-refractivity contribution in [3.8, 4) is 0 Å². The van der Waals surface area contributed by atoms with Gasteiger partial charge in [0.1, 0.15) is 6.04 Å². The Labute approximate surface area is 174 Å². The van der Waals surface area contributed by atoms with Crippen LogP contribution < -0.4 is 0 Å². The van der Waals surface area contributed by atoms with Crippen molar-refractivity contribution in [2.75, 3.05) is 32.7 Å². The number of carbonyl (C=O) groups is 3. The number of nitro benzene ring substituents is 1. The van der Waals surface area contributed by atoms with Crippen molar-refractivity contribution in [1.29, 1.82) is 0 Å². The number of nitrogens with zero attached hydrogens (tertiary/aromatic N) is 4. The maximum absolute atomic E-state index is 13.1. The van der Waals surface area contributed by atoms with E-state index in [2.05, 4.69) is 0 Å². The zero-order valence-electron chi connectivity index (χ0n) is 17.1. The zero-order valence-corrected chi connectivity index (χ0v) is 17.1. The lowest BCUT2D eigenvalue weighted by atomic mass is 10.1. The van der Waals surface area contributed by atoms with E-state index >= 15 is 0 Å². The van der Waals surface area contributed by atoms with E-state index in [-0.39, 0.29) is 29.3 Å². The predicted octanol–water partition coefficient (Wildman–Crippen LogP) is 1.59. The van der Waals surface area contributed by atoms with Crippen molar-refractivity contribution >= 4 is 23.4 Å². The molecule has 1 aromatic carbocycles. The van der Waals surface area contributed by atoms with Crippen LogP contribution in [0.1, 0.15) is 41.6 Å². The normalized spacial score (nSPS) is 21.6. The number of hydrogen-bond acceptors (Lipinski definition) is 5. The van der Waals surface area contributed by atoms with Crippen LogP contribution in [-0.4, -0.2) is 76.1 Å². The third-order valence-corrected chi connectivity index (χ3v) is 6.27. The van der Waals surface area contributed by atoms with Crippen LogP contribution in [0.4, 0.5) is 5.69 Å². The van der Waals surface area contributed by atoms with Gasteiger partial charge < -0.3 is 14.7 Å². The highest BCUT2D eigenvalue weighted by molar-refractivity contribution is 5.98. The standard InChI is InChI=1S/C21H26N4O5/c1-14-13-16(6-7-17(14)25(29)30)20(27)24-8-2-3-18(24)21(28)23-11-9-22(10-12-23)19(26)15-4-5-15/h6-7,13,15,18H,2-5,8-12H2,1H3. The van der Waals surface area contributed by atoms with Crippen LogP contribution in [0.25, 0.3) is 0 Å². The van der Waals surface area contributed by atoms with Crippen LogP contribution in [0.15, 0.2) is 18.2 Å². The summed E-state index contributed by atoms with van der Waals surface area (Å²) >= 11 is 0. The molecule has 2 heterocycles. The van der Waals surface area contributed by atoms with Gasteiger partial charge in [-0.05, 0) is 44.7 Å². The number of hydrogen-bond donors (Lipinski definition) is 0. The van der Waals surface area contributed by atoms with E-state index in [0.717, 1.165) is 19.3 Å². The van der Waals surface area contributed by atoms with Gasteiger partial charge in [0.25, 0.3) is 11.6 Å². The topological polar surface area (TPSA) is 104 Å². The van der Waals surface area contributed by atoms with Gasteiger partial charge >= 0.3 is 0 Å². The molecule has 1 saturated carbocycles. The molecule has 1 unspecified atom stereocenters. The molecule has 3 amide bonds. The molecule has 2 saturated heterocycles. The number of rotatable bonds is 4. The molecule has 1 aromatic rings. The fourth-order valence-corrected chi connectivity index (χ4v) is 4.37. The van der Waals surface area contributed by atoms with Crippen molar-refractivity contribution in [3.63, 3.8) is 0 Å². The molecule has 3 fully saturated rings. The fraction of sp³-hybridized carbons (Fsp3) is 0.571. The van der Waals surface area contributed by atoms with Gasteiger partial charge in [0, 0.05) is 55.8 Å². The summed E-state index contributed by atoms with van der Waals surface area (Å²) in [5.41, 5.74) is 0.751. The van der Waals surface area contributed by atoms with Gasteiger partial charge in [-0.15, -0.1) is 0 Å². The van der Waals surface area contributed by atoms with E-state index in [1.807, 2.05) is 4.90 Å². The van der Waals surface area contributed by atoms with Gasteiger partial charge in [-0.1, -0.05) is 0 Å². The van der Waals surface area contributed by atoms with Gasteiger partial charge in [0.05, 0.1) is 4.92 Å². The maximum atomic E-state index is 13.1. The minimum absolute atomic E-state index is 0.0285. The number of benzene rings is 1. The first kappa shape index (κ1) is 20.3. The molecular formula is C21H26N4O5. The summed E-state index contributed by atoms with van der Waals surface area (Å²) in [6.45, 7) is 4.17. The number of aryl methyl sites for hydroxylation is 1. The summed E-state index contributed by atoms with van der Waals surface area (Å²) in [5.74, 6) is 0.0399. The molecule has 0 bridgehead atoms. The first-order chi connectivity index (χ1) is 14.4. The molecule has 0 radical (unpaired) electrons. The van der Waals surface area contributed by atoms with E-state index in [9.17, 15) is 24.5 Å². The highest BCUT2D eigenvalue weighted by Gasteiger charge is 2.39. The lowest BCUT2D eigenvalue weighted by molar-refractivity contribution is -0.385. The van der Waals surface area contributed by atoms with Gasteiger partial charge in [0.15, 0.2) is 0 Å². The fourth-order valence-electron chi connectivity index (χ4n) is 4.37. The summed E-state index contributed by atoms with van der Waals surface area (Å²) in [4.78, 5) is 54.1. The van der Waals surface area contributed by atoms with Gasteiger partial charge in [-0.25, -0.2) is 0 Å². The van der Waals surface area contributed by atoms with Crippen molar-refractivity contribution in [3.05, 3.63) is 39.4 Å². The number of nitro groups is 1. The van der Waals surface area contributed by atoms with Crippen LogP contribution in [0.5, 0.6) is 0 Å². The molecular weight excluding hydrogens is 388 g/mol. The van der Waals surface area contributed by atoms with E-state index < -0.39 is 11.0 Å².